The fourth-order valence-corrected chi connectivity index (χ4v) is 10.6. The first kappa shape index (κ1) is 38.5. The third-order valence-electron chi connectivity index (χ3n) is 13.6. The average molecular weight is 831 g/mol. The largest absolute Gasteiger partial charge is 0.310 e. The number of benzene rings is 10. The number of hydrogen-bond acceptors (Lipinski definition) is 1. The van der Waals surface area contributed by atoms with Crippen molar-refractivity contribution >= 4 is 38.9 Å². The highest BCUT2D eigenvalue weighted by Crippen LogP contribution is 2.59. The Bertz CT molecular complexity index is 3330. The van der Waals surface area contributed by atoms with E-state index >= 15 is 0 Å². The van der Waals surface area contributed by atoms with E-state index in [1.54, 1.807) is 0 Å². The third kappa shape index (κ3) is 6.25. The molecule has 0 aliphatic heterocycles. The fraction of sp³-hybridized carbons (Fsp3) is 0.0476. The van der Waals surface area contributed by atoms with Crippen LogP contribution in [0.2, 0.25) is 0 Å². The molecule has 0 atom stereocenters. The van der Waals surface area contributed by atoms with E-state index in [1.165, 1.54) is 94.3 Å². The van der Waals surface area contributed by atoms with E-state index in [9.17, 15) is 0 Å². The first-order chi connectivity index (χ1) is 32.1. The van der Waals surface area contributed by atoms with Gasteiger partial charge in [-0.05, 0) is 119 Å². The van der Waals surface area contributed by atoms with Gasteiger partial charge in [-0.15, -0.1) is 0 Å². The number of hydrogen-bond donors (Lipinski definition) is 0. The molecule has 0 saturated heterocycles. The first-order valence-electron chi connectivity index (χ1n) is 22.6. The number of rotatable bonds is 8. The summed E-state index contributed by atoms with van der Waals surface area (Å²) in [5, 5.41) is 2.51. The second-order valence-corrected chi connectivity index (χ2v) is 17.4. The summed E-state index contributed by atoms with van der Waals surface area (Å²) in [6.07, 6.45) is 0. The predicted molar refractivity (Wildman–Crippen MR) is 273 cm³/mol. The Kier molecular flexibility index (Phi) is 9.21. The zero-order valence-corrected chi connectivity index (χ0v) is 36.5. The lowest BCUT2D eigenvalue weighted by Gasteiger charge is -2.35. The summed E-state index contributed by atoms with van der Waals surface area (Å²) in [4.78, 5) is 2.43. The van der Waals surface area contributed by atoms with E-state index in [4.69, 9.17) is 0 Å². The van der Waals surface area contributed by atoms with Gasteiger partial charge in [-0.3, -0.25) is 0 Å². The number of para-hydroxylation sites is 2. The van der Waals surface area contributed by atoms with Crippen LogP contribution in [0.1, 0.15) is 33.4 Å². The topological polar surface area (TPSA) is 8.17 Å². The Morgan fingerprint density at radius 3 is 1.31 bits per heavy atom. The Morgan fingerprint density at radius 2 is 0.800 bits per heavy atom. The van der Waals surface area contributed by atoms with Crippen LogP contribution in [0.15, 0.2) is 243 Å². The van der Waals surface area contributed by atoms with Crippen LogP contribution in [-0.4, -0.2) is 4.57 Å². The molecular formula is C63H46N2. The molecule has 1 aliphatic rings. The second-order valence-electron chi connectivity index (χ2n) is 17.4. The van der Waals surface area contributed by atoms with Crippen LogP contribution in [0.5, 0.6) is 0 Å². The molecule has 1 aliphatic carbocycles. The summed E-state index contributed by atoms with van der Waals surface area (Å²) >= 11 is 0. The molecule has 1 heterocycles. The van der Waals surface area contributed by atoms with Gasteiger partial charge >= 0.3 is 0 Å². The van der Waals surface area contributed by atoms with Gasteiger partial charge in [0.15, 0.2) is 0 Å². The van der Waals surface area contributed by atoms with E-state index in [0.29, 0.717) is 0 Å². The zero-order chi connectivity index (χ0) is 43.5. The van der Waals surface area contributed by atoms with Gasteiger partial charge in [0.1, 0.15) is 0 Å². The number of fused-ring (bicyclic) bond motifs is 6. The summed E-state index contributed by atoms with van der Waals surface area (Å²) in [5.41, 5.74) is 21.0. The predicted octanol–water partition coefficient (Wildman–Crippen LogP) is 16.6. The molecule has 0 bridgehead atoms. The van der Waals surface area contributed by atoms with Crippen molar-refractivity contribution in [2.24, 2.45) is 0 Å². The monoisotopic (exact) mass is 830 g/mol. The summed E-state index contributed by atoms with van der Waals surface area (Å²) in [7, 11) is 0. The number of nitrogens with zero attached hydrogens (tertiary/aromatic N) is 2. The molecule has 308 valence electrons. The highest BCUT2D eigenvalue weighted by molar-refractivity contribution is 6.10. The molecule has 0 unspecified atom stereocenters. The highest BCUT2D eigenvalue weighted by Gasteiger charge is 2.47. The van der Waals surface area contributed by atoms with E-state index in [2.05, 4.69) is 266 Å². The van der Waals surface area contributed by atoms with Crippen LogP contribution in [0.4, 0.5) is 17.1 Å². The van der Waals surface area contributed by atoms with Crippen molar-refractivity contribution in [1.29, 1.82) is 0 Å². The van der Waals surface area contributed by atoms with E-state index in [-0.39, 0.29) is 0 Å². The van der Waals surface area contributed by atoms with Gasteiger partial charge in [0.25, 0.3) is 0 Å². The maximum absolute atomic E-state index is 2.50. The standard InChI is InChI=1S/C63H46N2/c1-43-24-32-49(33-25-43)63(50-34-26-44(2)27-35-50)57-20-13-23-61(65-59-21-11-9-18-54(59)55-19-10-12-22-60(55)65)62(57)56-41-40-53(42-58(56)63)64(51-36-28-47(29-37-51)45-14-5-3-6-15-45)52-38-30-48(31-39-52)46-16-7-4-8-17-46/h3-42H,1-2H3. The Morgan fingerprint density at radius 1 is 0.354 bits per heavy atom. The Labute approximate surface area is 381 Å². The van der Waals surface area contributed by atoms with Crippen molar-refractivity contribution in [3.63, 3.8) is 0 Å². The van der Waals surface area contributed by atoms with Crippen LogP contribution >= 0.6 is 0 Å². The Balaban J connectivity index is 1.14. The van der Waals surface area contributed by atoms with E-state index < -0.39 is 5.41 Å². The molecule has 0 fully saturated rings. The second kappa shape index (κ2) is 15.6. The molecule has 65 heavy (non-hydrogen) atoms. The molecule has 0 spiro atoms. The van der Waals surface area contributed by atoms with Gasteiger partial charge in [0.2, 0.25) is 0 Å². The van der Waals surface area contributed by atoms with Crippen molar-refractivity contribution in [1.82, 2.24) is 4.57 Å². The molecule has 1 aromatic heterocycles. The molecule has 2 nitrogen and oxygen atoms in total. The van der Waals surface area contributed by atoms with Gasteiger partial charge in [0, 0.05) is 33.4 Å². The van der Waals surface area contributed by atoms with Crippen molar-refractivity contribution in [2.45, 2.75) is 19.3 Å². The lowest BCUT2D eigenvalue weighted by molar-refractivity contribution is 0.767. The summed E-state index contributed by atoms with van der Waals surface area (Å²) in [6, 6.07) is 89.8. The van der Waals surface area contributed by atoms with Crippen LogP contribution in [0.25, 0.3) is 60.9 Å². The fourth-order valence-electron chi connectivity index (χ4n) is 10.6. The number of aromatic nitrogens is 1. The minimum atomic E-state index is -0.628. The number of anilines is 3. The van der Waals surface area contributed by atoms with Crippen molar-refractivity contribution in [2.75, 3.05) is 4.90 Å². The molecule has 0 saturated carbocycles. The third-order valence-corrected chi connectivity index (χ3v) is 13.6. The summed E-state index contributed by atoms with van der Waals surface area (Å²) in [5.74, 6) is 0. The highest BCUT2D eigenvalue weighted by atomic mass is 15.1. The van der Waals surface area contributed by atoms with Gasteiger partial charge in [-0.2, -0.15) is 0 Å². The van der Waals surface area contributed by atoms with Crippen LogP contribution in [0, 0.1) is 13.8 Å². The van der Waals surface area contributed by atoms with E-state index in [0.717, 1.165) is 17.1 Å². The molecular weight excluding hydrogens is 785 g/mol. The van der Waals surface area contributed by atoms with Gasteiger partial charge < -0.3 is 9.47 Å². The summed E-state index contributed by atoms with van der Waals surface area (Å²) < 4.78 is 2.50. The lowest BCUT2D eigenvalue weighted by Crippen LogP contribution is -2.29. The minimum Gasteiger partial charge on any atom is -0.310 e. The van der Waals surface area contributed by atoms with Crippen molar-refractivity contribution < 1.29 is 0 Å². The average Bonchev–Trinajstić information content (AvgIpc) is 3.86. The lowest BCUT2D eigenvalue weighted by atomic mass is 9.67. The molecule has 11 aromatic rings. The molecule has 12 rings (SSSR count). The molecule has 0 N–H and O–H groups in total. The SMILES string of the molecule is Cc1ccc(C2(c3ccc(C)cc3)c3cc(N(c4ccc(-c5ccccc5)cc4)c4ccc(-c5ccccc5)cc4)ccc3-c3c(-n4c5ccccc5c5ccccc54)cccc32)cc1. The number of aryl methyl sites for hydroxylation is 2. The molecule has 2 heteroatoms. The molecule has 10 aromatic carbocycles. The van der Waals surface area contributed by atoms with Crippen LogP contribution in [-0.2, 0) is 5.41 Å². The molecule has 0 radical (unpaired) electrons. The van der Waals surface area contributed by atoms with Gasteiger partial charge in [-0.25, -0.2) is 0 Å². The molecule has 0 amide bonds. The van der Waals surface area contributed by atoms with Crippen LogP contribution < -0.4 is 4.90 Å². The van der Waals surface area contributed by atoms with Crippen molar-refractivity contribution in [3.8, 4) is 39.1 Å². The van der Waals surface area contributed by atoms with E-state index in [1.807, 2.05) is 0 Å². The van der Waals surface area contributed by atoms with Gasteiger partial charge in [0.05, 0.1) is 22.1 Å². The zero-order valence-electron chi connectivity index (χ0n) is 36.5. The minimum absolute atomic E-state index is 0.628. The maximum Gasteiger partial charge on any atom is 0.0715 e. The van der Waals surface area contributed by atoms with Gasteiger partial charge in [-0.1, -0.05) is 199 Å². The van der Waals surface area contributed by atoms with Crippen LogP contribution in [0.3, 0.4) is 0 Å². The maximum atomic E-state index is 2.50. The van der Waals surface area contributed by atoms with Crippen molar-refractivity contribution in [3.05, 3.63) is 276 Å². The summed E-state index contributed by atoms with van der Waals surface area (Å²) in [6.45, 7) is 4.36. The quantitative estimate of drug-likeness (QED) is 0.148. The first-order valence-corrected chi connectivity index (χ1v) is 22.6. The smallest absolute Gasteiger partial charge is 0.0715 e. The Hall–Kier alpha value is -8.20. The normalized spacial score (nSPS) is 12.6.